The summed E-state index contributed by atoms with van der Waals surface area (Å²) < 4.78 is 10.6. The Kier molecular flexibility index (Phi) is 6.96. The lowest BCUT2D eigenvalue weighted by Gasteiger charge is -2.37. The third-order valence-corrected chi connectivity index (χ3v) is 5.94. The summed E-state index contributed by atoms with van der Waals surface area (Å²) in [4.78, 5) is 17.0. The minimum atomic E-state index is -0.241. The van der Waals surface area contributed by atoms with E-state index in [0.717, 1.165) is 32.5 Å². The van der Waals surface area contributed by atoms with E-state index < -0.39 is 0 Å². The highest BCUT2D eigenvalue weighted by molar-refractivity contribution is 5.97. The van der Waals surface area contributed by atoms with Crippen LogP contribution in [0.15, 0.2) is 18.2 Å². The Morgan fingerprint density at radius 2 is 1.81 bits per heavy atom. The van der Waals surface area contributed by atoms with Gasteiger partial charge in [-0.05, 0) is 30.9 Å². The molecule has 1 atom stereocenters. The molecule has 2 fully saturated rings. The molecule has 1 saturated heterocycles. The molecule has 27 heavy (non-hydrogen) atoms. The number of piperazine rings is 1. The van der Waals surface area contributed by atoms with Gasteiger partial charge in [0.15, 0.2) is 0 Å². The minimum Gasteiger partial charge on any atom is -0.497 e. The van der Waals surface area contributed by atoms with Crippen LogP contribution in [0.25, 0.3) is 0 Å². The van der Waals surface area contributed by atoms with Gasteiger partial charge in [-0.15, -0.1) is 0 Å². The second kappa shape index (κ2) is 9.42. The molecule has 1 aliphatic heterocycles. The van der Waals surface area contributed by atoms with E-state index in [4.69, 9.17) is 9.47 Å². The molecule has 3 rings (SSSR count). The van der Waals surface area contributed by atoms with Crippen LogP contribution >= 0.6 is 0 Å². The summed E-state index contributed by atoms with van der Waals surface area (Å²) in [7, 11) is 3.16. The van der Waals surface area contributed by atoms with E-state index in [9.17, 15) is 9.90 Å². The van der Waals surface area contributed by atoms with E-state index in [1.54, 1.807) is 32.4 Å². The fourth-order valence-electron chi connectivity index (χ4n) is 4.21. The van der Waals surface area contributed by atoms with E-state index in [0.29, 0.717) is 36.1 Å². The Balaban J connectivity index is 1.53. The Morgan fingerprint density at radius 3 is 2.44 bits per heavy atom. The van der Waals surface area contributed by atoms with Crippen LogP contribution in [-0.2, 0) is 0 Å². The standard InChI is InChI=1S/C21H32N2O4/c1-26-17-8-9-18(20(14-17)27-2)21(25)23-12-10-22(11-13-23)15-19(24)16-6-4-3-5-7-16/h8-9,14,16,19,24H,3-7,10-13,15H2,1-2H3. The molecule has 1 amide bonds. The van der Waals surface area contributed by atoms with Gasteiger partial charge in [-0.2, -0.15) is 0 Å². The Bertz CT molecular complexity index is 623. The first-order chi connectivity index (χ1) is 13.1. The zero-order chi connectivity index (χ0) is 19.2. The maximum absolute atomic E-state index is 12.9. The molecule has 1 aliphatic carbocycles. The Hall–Kier alpha value is -1.79. The van der Waals surface area contributed by atoms with Crippen LogP contribution in [0.4, 0.5) is 0 Å². The molecule has 1 aromatic rings. The van der Waals surface area contributed by atoms with Crippen LogP contribution < -0.4 is 9.47 Å². The highest BCUT2D eigenvalue weighted by atomic mass is 16.5. The number of carbonyl (C=O) groups is 1. The van der Waals surface area contributed by atoms with E-state index in [-0.39, 0.29) is 12.0 Å². The minimum absolute atomic E-state index is 0.0121. The van der Waals surface area contributed by atoms with Crippen molar-refractivity contribution in [2.24, 2.45) is 5.92 Å². The lowest BCUT2D eigenvalue weighted by molar-refractivity contribution is 0.0278. The number of rotatable bonds is 6. The van der Waals surface area contributed by atoms with Crippen molar-refractivity contribution in [3.63, 3.8) is 0 Å². The number of methoxy groups -OCH3 is 2. The number of aliphatic hydroxyl groups excluding tert-OH is 1. The van der Waals surface area contributed by atoms with Gasteiger partial charge in [0.1, 0.15) is 11.5 Å². The van der Waals surface area contributed by atoms with Gasteiger partial charge in [-0.1, -0.05) is 19.3 Å². The van der Waals surface area contributed by atoms with Gasteiger partial charge in [0, 0.05) is 38.8 Å². The largest absolute Gasteiger partial charge is 0.497 e. The van der Waals surface area contributed by atoms with Gasteiger partial charge in [0.2, 0.25) is 0 Å². The molecule has 0 aromatic heterocycles. The number of benzene rings is 1. The zero-order valence-corrected chi connectivity index (χ0v) is 16.5. The Labute approximate surface area is 162 Å². The summed E-state index contributed by atoms with van der Waals surface area (Å²) in [5, 5.41) is 10.5. The first-order valence-corrected chi connectivity index (χ1v) is 10.0. The topological polar surface area (TPSA) is 62.2 Å². The van der Waals surface area contributed by atoms with Crippen molar-refractivity contribution in [1.82, 2.24) is 9.80 Å². The molecule has 2 aliphatic rings. The Morgan fingerprint density at radius 1 is 1.11 bits per heavy atom. The number of nitrogens with zero attached hydrogens (tertiary/aromatic N) is 2. The van der Waals surface area contributed by atoms with Crippen molar-refractivity contribution < 1.29 is 19.4 Å². The number of β-amino-alcohol motifs (C(OH)–C–C–N with tert-alkyl or cyclic N) is 1. The van der Waals surface area contributed by atoms with Gasteiger partial charge in [-0.3, -0.25) is 9.69 Å². The lowest BCUT2D eigenvalue weighted by Crippen LogP contribution is -2.51. The van der Waals surface area contributed by atoms with Crippen LogP contribution in [0.2, 0.25) is 0 Å². The van der Waals surface area contributed by atoms with E-state index in [1.165, 1.54) is 19.3 Å². The summed E-state index contributed by atoms with van der Waals surface area (Å²) in [6.07, 6.45) is 5.85. The molecule has 1 saturated carbocycles. The first-order valence-electron chi connectivity index (χ1n) is 10.0. The average Bonchev–Trinajstić information content (AvgIpc) is 2.73. The van der Waals surface area contributed by atoms with Gasteiger partial charge in [-0.25, -0.2) is 0 Å². The second-order valence-corrected chi connectivity index (χ2v) is 7.62. The van der Waals surface area contributed by atoms with Crippen molar-refractivity contribution in [3.05, 3.63) is 23.8 Å². The molecule has 0 bridgehead atoms. The fraction of sp³-hybridized carbons (Fsp3) is 0.667. The number of amides is 1. The first kappa shape index (κ1) is 20.0. The quantitative estimate of drug-likeness (QED) is 0.826. The number of hydrogen-bond acceptors (Lipinski definition) is 5. The van der Waals surface area contributed by atoms with E-state index in [1.807, 2.05) is 4.90 Å². The lowest BCUT2D eigenvalue weighted by atomic mass is 9.85. The molecule has 6 nitrogen and oxygen atoms in total. The fourth-order valence-corrected chi connectivity index (χ4v) is 4.21. The molecule has 0 spiro atoms. The summed E-state index contributed by atoms with van der Waals surface area (Å²) in [5.41, 5.74) is 0.564. The van der Waals surface area contributed by atoms with Crippen molar-refractivity contribution in [3.8, 4) is 11.5 Å². The molecule has 0 radical (unpaired) electrons. The third kappa shape index (κ3) is 4.93. The zero-order valence-electron chi connectivity index (χ0n) is 16.5. The molecule has 1 aromatic carbocycles. The molecule has 1 unspecified atom stereocenters. The normalized spacial score (nSPS) is 20.3. The highest BCUT2D eigenvalue weighted by Gasteiger charge is 2.28. The van der Waals surface area contributed by atoms with Gasteiger partial charge < -0.3 is 19.5 Å². The molecular formula is C21H32N2O4. The van der Waals surface area contributed by atoms with E-state index in [2.05, 4.69) is 4.90 Å². The molecule has 6 heteroatoms. The highest BCUT2D eigenvalue weighted by Crippen LogP contribution is 2.28. The van der Waals surface area contributed by atoms with Crippen molar-refractivity contribution in [2.75, 3.05) is 46.9 Å². The van der Waals surface area contributed by atoms with Gasteiger partial charge in [0.05, 0.1) is 25.9 Å². The predicted octanol–water partition coefficient (Wildman–Crippen LogP) is 2.40. The van der Waals surface area contributed by atoms with Gasteiger partial charge in [0.25, 0.3) is 5.91 Å². The molecule has 1 heterocycles. The smallest absolute Gasteiger partial charge is 0.257 e. The second-order valence-electron chi connectivity index (χ2n) is 7.62. The SMILES string of the molecule is COc1ccc(C(=O)N2CCN(CC(O)C3CCCCC3)CC2)c(OC)c1. The van der Waals surface area contributed by atoms with Crippen molar-refractivity contribution >= 4 is 5.91 Å². The predicted molar refractivity (Wildman–Crippen MR) is 104 cm³/mol. The van der Waals surface area contributed by atoms with Crippen LogP contribution in [0.1, 0.15) is 42.5 Å². The van der Waals surface area contributed by atoms with Crippen molar-refractivity contribution in [2.45, 2.75) is 38.2 Å². The summed E-state index contributed by atoms with van der Waals surface area (Å²) in [6, 6.07) is 5.29. The number of hydrogen-bond donors (Lipinski definition) is 1. The molecule has 150 valence electrons. The number of aliphatic hydroxyl groups is 1. The number of carbonyl (C=O) groups excluding carboxylic acids is 1. The number of ether oxygens (including phenoxy) is 2. The van der Waals surface area contributed by atoms with Crippen LogP contribution in [0.5, 0.6) is 11.5 Å². The summed E-state index contributed by atoms with van der Waals surface area (Å²) >= 11 is 0. The molecule has 1 N–H and O–H groups in total. The molecular weight excluding hydrogens is 344 g/mol. The van der Waals surface area contributed by atoms with E-state index >= 15 is 0 Å². The van der Waals surface area contributed by atoms with Crippen LogP contribution in [-0.4, -0.2) is 73.9 Å². The van der Waals surface area contributed by atoms with Crippen LogP contribution in [0, 0.1) is 5.92 Å². The summed E-state index contributed by atoms with van der Waals surface area (Å²) in [6.45, 7) is 3.66. The van der Waals surface area contributed by atoms with Crippen LogP contribution in [0.3, 0.4) is 0 Å². The summed E-state index contributed by atoms with van der Waals surface area (Å²) in [5.74, 6) is 1.64. The third-order valence-electron chi connectivity index (χ3n) is 5.94. The monoisotopic (exact) mass is 376 g/mol. The average molecular weight is 376 g/mol. The maximum atomic E-state index is 12.9. The van der Waals surface area contributed by atoms with Gasteiger partial charge >= 0.3 is 0 Å². The maximum Gasteiger partial charge on any atom is 0.257 e. The van der Waals surface area contributed by atoms with Crippen molar-refractivity contribution in [1.29, 1.82) is 0 Å².